The van der Waals surface area contributed by atoms with E-state index in [0.29, 0.717) is 0 Å². The molecule has 17 heavy (non-hydrogen) atoms. The quantitative estimate of drug-likeness (QED) is 0.628. The lowest BCUT2D eigenvalue weighted by atomic mass is 10.3. The van der Waals surface area contributed by atoms with Gasteiger partial charge in [-0.25, -0.2) is 0 Å². The predicted molar refractivity (Wildman–Crippen MR) is 75.6 cm³/mol. The van der Waals surface area contributed by atoms with E-state index < -0.39 is 0 Å². The van der Waals surface area contributed by atoms with E-state index in [9.17, 15) is 0 Å². The summed E-state index contributed by atoms with van der Waals surface area (Å²) in [6, 6.07) is 12.9. The molecule has 0 saturated carbocycles. The molecular formula is C14H11NS2. The molecule has 84 valence electrons. The first-order valence-electron chi connectivity index (χ1n) is 5.74. The number of para-hydroxylation sites is 1. The van der Waals surface area contributed by atoms with E-state index in [-0.39, 0.29) is 0 Å². The lowest BCUT2D eigenvalue weighted by molar-refractivity contribution is 0.959. The van der Waals surface area contributed by atoms with Crippen LogP contribution in [0.4, 0.5) is 0 Å². The lowest BCUT2D eigenvalue weighted by Gasteiger charge is -2.07. The monoisotopic (exact) mass is 257 g/mol. The summed E-state index contributed by atoms with van der Waals surface area (Å²) in [5.74, 6) is 1.23. The van der Waals surface area contributed by atoms with Gasteiger partial charge in [-0.1, -0.05) is 18.2 Å². The van der Waals surface area contributed by atoms with E-state index in [2.05, 4.69) is 46.3 Å². The molecule has 4 rings (SSSR count). The molecule has 1 aliphatic heterocycles. The zero-order valence-electron chi connectivity index (χ0n) is 9.22. The van der Waals surface area contributed by atoms with E-state index >= 15 is 0 Å². The van der Waals surface area contributed by atoms with Gasteiger partial charge >= 0.3 is 0 Å². The summed E-state index contributed by atoms with van der Waals surface area (Å²) in [6.45, 7) is 0. The Morgan fingerprint density at radius 2 is 1.94 bits per heavy atom. The number of nitrogens with zero attached hydrogens (tertiary/aromatic N) is 1. The maximum atomic E-state index is 2.43. The van der Waals surface area contributed by atoms with E-state index in [1.54, 1.807) is 0 Å². The number of fused-ring (bicyclic) bond motifs is 3. The summed E-state index contributed by atoms with van der Waals surface area (Å²) in [5.41, 5.74) is 4.17. The van der Waals surface area contributed by atoms with Gasteiger partial charge in [-0.05, 0) is 30.0 Å². The van der Waals surface area contributed by atoms with Crippen LogP contribution in [0.25, 0.3) is 15.9 Å². The zero-order chi connectivity index (χ0) is 11.2. The highest BCUT2D eigenvalue weighted by Crippen LogP contribution is 2.43. The predicted octanol–water partition coefficient (Wildman–Crippen LogP) is 4.34. The van der Waals surface area contributed by atoms with Gasteiger partial charge in [-0.15, -0.1) is 23.1 Å². The number of rotatable bonds is 1. The minimum atomic E-state index is 1.19. The standard InChI is InChI=1S/C14H11NS2/c1-2-4-10(5-3-1)15-11-6-8-16-13(11)14-12(15)7-9-17-14/h1-6,8H,7,9H2. The number of thiophene rings is 1. The van der Waals surface area contributed by atoms with E-state index in [0.717, 1.165) is 0 Å². The van der Waals surface area contributed by atoms with Gasteiger partial charge in [0.1, 0.15) is 0 Å². The van der Waals surface area contributed by atoms with Crippen molar-refractivity contribution < 1.29 is 0 Å². The number of aromatic nitrogens is 1. The fourth-order valence-electron chi connectivity index (χ4n) is 2.52. The molecule has 3 aromatic rings. The van der Waals surface area contributed by atoms with Crippen LogP contribution in [0.1, 0.15) is 5.69 Å². The summed E-state index contributed by atoms with van der Waals surface area (Å²) in [6.07, 6.45) is 1.19. The zero-order valence-corrected chi connectivity index (χ0v) is 10.9. The molecule has 0 N–H and O–H groups in total. The summed E-state index contributed by atoms with van der Waals surface area (Å²) in [4.78, 5) is 1.51. The van der Waals surface area contributed by atoms with Crippen molar-refractivity contribution in [2.75, 3.05) is 5.75 Å². The molecule has 2 aromatic heterocycles. The second kappa shape index (κ2) is 3.65. The third-order valence-corrected chi connectivity index (χ3v) is 5.41. The molecule has 3 heteroatoms. The van der Waals surface area contributed by atoms with Crippen molar-refractivity contribution in [1.29, 1.82) is 0 Å². The summed E-state index contributed by atoms with van der Waals surface area (Å²) >= 11 is 3.87. The van der Waals surface area contributed by atoms with Crippen molar-refractivity contribution in [2.24, 2.45) is 0 Å². The first kappa shape index (κ1) is 9.80. The lowest BCUT2D eigenvalue weighted by Crippen LogP contribution is -1.98. The maximum absolute atomic E-state index is 2.43. The largest absolute Gasteiger partial charge is 0.312 e. The van der Waals surface area contributed by atoms with Gasteiger partial charge in [-0.3, -0.25) is 0 Å². The van der Waals surface area contributed by atoms with E-state index in [1.165, 1.54) is 38.7 Å². The van der Waals surface area contributed by atoms with Gasteiger partial charge in [0.05, 0.1) is 10.2 Å². The second-order valence-electron chi connectivity index (χ2n) is 4.18. The van der Waals surface area contributed by atoms with Crippen LogP contribution >= 0.6 is 23.1 Å². The number of hydrogen-bond acceptors (Lipinski definition) is 2. The van der Waals surface area contributed by atoms with Crippen molar-refractivity contribution >= 4 is 33.3 Å². The third-order valence-electron chi connectivity index (χ3n) is 3.22. The molecule has 0 fully saturated rings. The summed E-state index contributed by atoms with van der Waals surface area (Å²) in [5, 5.41) is 2.20. The van der Waals surface area contributed by atoms with Crippen LogP contribution in [0, 0.1) is 0 Å². The van der Waals surface area contributed by atoms with Crippen molar-refractivity contribution in [1.82, 2.24) is 4.57 Å². The first-order chi connectivity index (χ1) is 8.45. The highest BCUT2D eigenvalue weighted by Gasteiger charge is 2.23. The SMILES string of the molecule is c1ccc(-n2c3c(c4sccc42)SCC3)cc1. The highest BCUT2D eigenvalue weighted by molar-refractivity contribution is 8.00. The van der Waals surface area contributed by atoms with Crippen LogP contribution in [0.15, 0.2) is 46.7 Å². The Hall–Kier alpha value is -1.19. The smallest absolute Gasteiger partial charge is 0.0664 e. The normalized spacial score (nSPS) is 14.4. The topological polar surface area (TPSA) is 4.93 Å². The molecule has 1 aromatic carbocycles. The molecule has 1 nitrogen and oxygen atoms in total. The molecular weight excluding hydrogens is 246 g/mol. The van der Waals surface area contributed by atoms with Crippen molar-refractivity contribution in [3.05, 3.63) is 47.5 Å². The number of thioether (sulfide) groups is 1. The molecule has 0 saturated heterocycles. The number of hydrogen-bond donors (Lipinski definition) is 0. The van der Waals surface area contributed by atoms with Gasteiger partial charge in [0, 0.05) is 22.0 Å². The third kappa shape index (κ3) is 1.33. The molecule has 0 aliphatic carbocycles. The van der Waals surface area contributed by atoms with Crippen LogP contribution in [0.5, 0.6) is 0 Å². The average Bonchev–Trinajstić information content (AvgIpc) is 3.01. The Kier molecular flexibility index (Phi) is 2.11. The van der Waals surface area contributed by atoms with Gasteiger partial charge in [-0.2, -0.15) is 0 Å². The Morgan fingerprint density at radius 1 is 1.06 bits per heavy atom. The Bertz CT molecular complexity index is 679. The Morgan fingerprint density at radius 3 is 2.82 bits per heavy atom. The molecule has 0 spiro atoms. The van der Waals surface area contributed by atoms with Crippen LogP contribution in [0.3, 0.4) is 0 Å². The molecule has 0 radical (unpaired) electrons. The maximum Gasteiger partial charge on any atom is 0.0664 e. The van der Waals surface area contributed by atoms with E-state index in [1.807, 2.05) is 23.1 Å². The summed E-state index contributed by atoms with van der Waals surface area (Å²) < 4.78 is 3.90. The van der Waals surface area contributed by atoms with Crippen LogP contribution in [0.2, 0.25) is 0 Å². The second-order valence-corrected chi connectivity index (χ2v) is 6.20. The average molecular weight is 257 g/mol. The minimum absolute atomic E-state index is 1.19. The van der Waals surface area contributed by atoms with E-state index in [4.69, 9.17) is 0 Å². The molecule has 3 heterocycles. The van der Waals surface area contributed by atoms with Gasteiger partial charge < -0.3 is 4.57 Å². The van der Waals surface area contributed by atoms with Crippen LogP contribution in [-0.2, 0) is 6.42 Å². The van der Waals surface area contributed by atoms with Gasteiger partial charge in [0.15, 0.2) is 0 Å². The molecule has 0 unspecified atom stereocenters. The van der Waals surface area contributed by atoms with Crippen LogP contribution < -0.4 is 0 Å². The Balaban J connectivity index is 2.10. The van der Waals surface area contributed by atoms with Crippen LogP contribution in [-0.4, -0.2) is 10.3 Å². The van der Waals surface area contributed by atoms with Crippen molar-refractivity contribution in [3.63, 3.8) is 0 Å². The number of benzene rings is 1. The van der Waals surface area contributed by atoms with Gasteiger partial charge in [0.2, 0.25) is 0 Å². The molecule has 0 bridgehead atoms. The minimum Gasteiger partial charge on any atom is -0.312 e. The van der Waals surface area contributed by atoms with Crippen molar-refractivity contribution in [3.8, 4) is 5.69 Å². The van der Waals surface area contributed by atoms with Crippen molar-refractivity contribution in [2.45, 2.75) is 11.3 Å². The highest BCUT2D eigenvalue weighted by atomic mass is 32.2. The molecule has 0 amide bonds. The molecule has 0 atom stereocenters. The Labute approximate surface area is 108 Å². The molecule has 1 aliphatic rings. The summed E-state index contributed by atoms with van der Waals surface area (Å²) in [7, 11) is 0. The fraction of sp³-hybridized carbons (Fsp3) is 0.143. The first-order valence-corrected chi connectivity index (χ1v) is 7.60. The van der Waals surface area contributed by atoms with Gasteiger partial charge in [0.25, 0.3) is 0 Å². The fourth-order valence-corrected chi connectivity index (χ4v) is 4.78.